The highest BCUT2D eigenvalue weighted by molar-refractivity contribution is 6.74. The van der Waals surface area contributed by atoms with Crippen molar-refractivity contribution in [1.29, 1.82) is 0 Å². The second-order valence-electron chi connectivity index (χ2n) is 12.1. The lowest BCUT2D eigenvalue weighted by Crippen LogP contribution is -2.53. The van der Waals surface area contributed by atoms with Crippen LogP contribution in [-0.2, 0) is 25.0 Å². The fraction of sp³-hybridized carbons (Fsp3) is 0.700. The van der Waals surface area contributed by atoms with E-state index in [0.717, 1.165) is 29.4 Å². The van der Waals surface area contributed by atoms with E-state index < -0.39 is 28.2 Å². The summed E-state index contributed by atoms with van der Waals surface area (Å²) in [5, 5.41) is 9.67. The van der Waals surface area contributed by atoms with Gasteiger partial charge in [-0.1, -0.05) is 59.8 Å². The molecule has 0 aliphatic carbocycles. The van der Waals surface area contributed by atoms with Gasteiger partial charge in [-0.3, -0.25) is 4.79 Å². The maximum atomic E-state index is 11.8. The summed E-state index contributed by atoms with van der Waals surface area (Å²) >= 11 is 0. The summed E-state index contributed by atoms with van der Waals surface area (Å²) in [7, 11) is -2.53. The molecule has 0 saturated carbocycles. The summed E-state index contributed by atoms with van der Waals surface area (Å²) in [6.45, 7) is 24.2. The topological polar surface area (TPSA) is 74.2 Å². The monoisotopic (exact) mass is 566 g/mol. The molecule has 0 saturated heterocycles. The Hall–Kier alpha value is -1.46. The van der Waals surface area contributed by atoms with E-state index in [2.05, 4.69) is 68.1 Å². The minimum absolute atomic E-state index is 0.0105. The maximum Gasteiger partial charge on any atom is 0.305 e. The zero-order valence-electron chi connectivity index (χ0n) is 25.7. The van der Waals surface area contributed by atoms with Gasteiger partial charge in [0.1, 0.15) is 11.9 Å². The number of methoxy groups -OCH3 is 1. The average molecular weight is 567 g/mol. The molecule has 1 aromatic carbocycles. The minimum atomic E-state index is -2.16. The van der Waals surface area contributed by atoms with E-state index in [1.807, 2.05) is 30.3 Å². The summed E-state index contributed by atoms with van der Waals surface area (Å²) in [5.41, 5.74) is 0.380. The summed E-state index contributed by atoms with van der Waals surface area (Å²) in [4.78, 5) is 11.8. The number of carbonyl (C=O) groups is 1. The van der Waals surface area contributed by atoms with Crippen LogP contribution in [0.2, 0.25) is 36.3 Å². The molecule has 1 rings (SSSR count). The van der Waals surface area contributed by atoms with E-state index in [0.29, 0.717) is 19.4 Å². The molecule has 0 aliphatic rings. The largest absolute Gasteiger partial charge is 0.497 e. The van der Waals surface area contributed by atoms with E-state index in [9.17, 15) is 9.90 Å². The molecule has 0 fully saturated rings. The third-order valence-corrected chi connectivity index (χ3v) is 17.7. The van der Waals surface area contributed by atoms with Crippen LogP contribution >= 0.6 is 0 Å². The molecule has 6 nitrogen and oxygen atoms in total. The highest BCUT2D eigenvalue weighted by Crippen LogP contribution is 2.40. The molecule has 0 aromatic heterocycles. The Morgan fingerprint density at radius 2 is 1.61 bits per heavy atom. The van der Waals surface area contributed by atoms with Gasteiger partial charge in [0.25, 0.3) is 0 Å². The molecule has 0 bridgehead atoms. The number of rotatable bonds is 18. The Morgan fingerprint density at radius 3 is 2.03 bits per heavy atom. The van der Waals surface area contributed by atoms with Crippen molar-refractivity contribution in [2.45, 2.75) is 128 Å². The van der Waals surface area contributed by atoms with Crippen molar-refractivity contribution in [3.63, 3.8) is 0 Å². The molecule has 0 amide bonds. The number of hydrogen-bond donors (Lipinski definition) is 1. The van der Waals surface area contributed by atoms with Gasteiger partial charge in [0.05, 0.1) is 31.8 Å². The standard InChI is InChI=1S/C30H54O6Si2/c1-12-27(34-23-24-16-18-25(33-9)19-17-24)30(8,36-38(13-2,14-3)15-4)21-20-26(22-28(31)32)35-37(10,11)29(5,6)7/h12,16-19,26-27H,1,13-15,20-23H2,2-11H3,(H,31,32)/t26-,27+,30-/m1/s1. The Bertz CT molecular complexity index is 852. The predicted octanol–water partition coefficient (Wildman–Crippen LogP) is 8.19. The second kappa shape index (κ2) is 14.8. The molecule has 1 N–H and O–H groups in total. The molecular formula is C30H54O6Si2. The van der Waals surface area contributed by atoms with Crippen molar-refractivity contribution in [2.24, 2.45) is 0 Å². The van der Waals surface area contributed by atoms with Crippen molar-refractivity contribution in [3.8, 4) is 5.75 Å². The van der Waals surface area contributed by atoms with E-state index >= 15 is 0 Å². The fourth-order valence-corrected chi connectivity index (χ4v) is 9.08. The van der Waals surface area contributed by atoms with Gasteiger partial charge >= 0.3 is 5.97 Å². The normalized spacial score (nSPS) is 15.9. The third kappa shape index (κ3) is 9.94. The van der Waals surface area contributed by atoms with Crippen LogP contribution in [0.1, 0.15) is 73.3 Å². The molecule has 8 heteroatoms. The lowest BCUT2D eigenvalue weighted by atomic mass is 9.91. The van der Waals surface area contributed by atoms with Gasteiger partial charge in [-0.2, -0.15) is 0 Å². The fourth-order valence-electron chi connectivity index (χ4n) is 4.55. The van der Waals surface area contributed by atoms with E-state index in [1.165, 1.54) is 0 Å². The van der Waals surface area contributed by atoms with E-state index in [-0.39, 0.29) is 23.7 Å². The number of benzene rings is 1. The number of aliphatic carboxylic acids is 1. The SMILES string of the molecule is C=C[C@H](OCc1ccc(OC)cc1)[C@@](C)(CC[C@H](CC(=O)O)O[Si](C)(C)C(C)(C)C)O[Si](CC)(CC)CC. The molecule has 218 valence electrons. The van der Waals surface area contributed by atoms with Gasteiger partial charge < -0.3 is 23.4 Å². The van der Waals surface area contributed by atoms with Crippen molar-refractivity contribution in [1.82, 2.24) is 0 Å². The molecule has 0 heterocycles. The average Bonchev–Trinajstić information content (AvgIpc) is 2.85. The quantitative estimate of drug-likeness (QED) is 0.143. The lowest BCUT2D eigenvalue weighted by molar-refractivity contribution is -0.139. The molecule has 0 radical (unpaired) electrons. The summed E-state index contributed by atoms with van der Waals surface area (Å²) in [5.74, 6) is -0.0372. The van der Waals surface area contributed by atoms with Gasteiger partial charge in [0.2, 0.25) is 0 Å². The van der Waals surface area contributed by atoms with Crippen LogP contribution in [0.4, 0.5) is 0 Å². The van der Waals surface area contributed by atoms with Crippen LogP contribution in [-0.4, -0.2) is 52.6 Å². The molecule has 1 aromatic rings. The first-order chi connectivity index (χ1) is 17.6. The molecule has 3 atom stereocenters. The number of carboxylic acids is 1. The Kier molecular flexibility index (Phi) is 13.5. The second-order valence-corrected chi connectivity index (χ2v) is 21.6. The van der Waals surface area contributed by atoms with Gasteiger partial charge in [-0.25, -0.2) is 0 Å². The first-order valence-electron chi connectivity index (χ1n) is 14.1. The number of carboxylic acid groups (broad SMARTS) is 1. The van der Waals surface area contributed by atoms with Crippen LogP contribution in [0.15, 0.2) is 36.9 Å². The molecule has 0 unspecified atom stereocenters. The highest BCUT2D eigenvalue weighted by Gasteiger charge is 2.44. The predicted molar refractivity (Wildman–Crippen MR) is 162 cm³/mol. The van der Waals surface area contributed by atoms with Crippen molar-refractivity contribution >= 4 is 22.6 Å². The first kappa shape index (κ1) is 34.6. The lowest BCUT2D eigenvalue weighted by Gasteiger charge is -2.45. The minimum Gasteiger partial charge on any atom is -0.497 e. The maximum absolute atomic E-state index is 11.8. The Labute approximate surface area is 234 Å². The smallest absolute Gasteiger partial charge is 0.305 e. The van der Waals surface area contributed by atoms with Crippen molar-refractivity contribution < 1.29 is 28.2 Å². The summed E-state index contributed by atoms with van der Waals surface area (Å²) < 4.78 is 25.5. The number of hydrogen-bond acceptors (Lipinski definition) is 5. The molecule has 0 spiro atoms. The Balaban J connectivity index is 3.27. The van der Waals surface area contributed by atoms with Gasteiger partial charge in [0, 0.05) is 0 Å². The van der Waals surface area contributed by atoms with Crippen LogP contribution in [0, 0.1) is 0 Å². The van der Waals surface area contributed by atoms with Crippen LogP contribution < -0.4 is 4.74 Å². The van der Waals surface area contributed by atoms with Crippen molar-refractivity contribution in [3.05, 3.63) is 42.5 Å². The summed E-state index contributed by atoms with van der Waals surface area (Å²) in [6.07, 6.45) is 2.26. The summed E-state index contributed by atoms with van der Waals surface area (Å²) in [6, 6.07) is 10.9. The van der Waals surface area contributed by atoms with Crippen molar-refractivity contribution in [2.75, 3.05) is 7.11 Å². The van der Waals surface area contributed by atoms with E-state index in [1.54, 1.807) is 7.11 Å². The van der Waals surface area contributed by atoms with E-state index in [4.69, 9.17) is 18.3 Å². The number of ether oxygens (including phenoxy) is 2. The third-order valence-electron chi connectivity index (χ3n) is 8.42. The van der Waals surface area contributed by atoms with Gasteiger partial charge in [-0.05, 0) is 73.7 Å². The zero-order chi connectivity index (χ0) is 29.2. The van der Waals surface area contributed by atoms with Gasteiger partial charge in [-0.15, -0.1) is 6.58 Å². The Morgan fingerprint density at radius 1 is 1.05 bits per heavy atom. The molecule has 38 heavy (non-hydrogen) atoms. The van der Waals surface area contributed by atoms with Crippen LogP contribution in [0.5, 0.6) is 5.75 Å². The van der Waals surface area contributed by atoms with Gasteiger partial charge in [0.15, 0.2) is 16.6 Å². The van der Waals surface area contributed by atoms with Crippen LogP contribution in [0.3, 0.4) is 0 Å². The first-order valence-corrected chi connectivity index (χ1v) is 19.5. The highest BCUT2D eigenvalue weighted by atomic mass is 28.4. The zero-order valence-corrected chi connectivity index (χ0v) is 27.7. The molecular weight excluding hydrogens is 512 g/mol. The molecule has 0 aliphatic heterocycles. The van der Waals surface area contributed by atoms with Crippen LogP contribution in [0.25, 0.3) is 0 Å².